The smallest absolute Gasteiger partial charge is 0.154 e. The first-order valence-corrected chi connectivity index (χ1v) is 6.43. The normalized spacial score (nSPS) is 18.6. The molecule has 0 spiro atoms. The molecule has 0 heterocycles. The molecule has 16 heavy (non-hydrogen) atoms. The molecule has 0 aliphatic heterocycles. The highest BCUT2D eigenvalue weighted by Gasteiger charge is 2.43. The molecule has 0 aromatic carbocycles. The van der Waals surface area contributed by atoms with Crippen LogP contribution in [0, 0.1) is 12.3 Å². The average Bonchev–Trinajstić information content (AvgIpc) is 2.78. The fourth-order valence-corrected chi connectivity index (χ4v) is 2.98. The maximum absolute atomic E-state index is 12.3. The minimum absolute atomic E-state index is 0.180. The van der Waals surface area contributed by atoms with Gasteiger partial charge in [0, 0.05) is 12.8 Å². The van der Waals surface area contributed by atoms with Crippen molar-refractivity contribution in [3.05, 3.63) is 0 Å². The number of hydrogen-bond acceptors (Lipinski definition) is 2. The van der Waals surface area contributed by atoms with Crippen molar-refractivity contribution in [3.63, 3.8) is 0 Å². The predicted octanol–water partition coefficient (Wildman–Crippen LogP) is 2.62. The summed E-state index contributed by atoms with van der Waals surface area (Å²) in [6.45, 7) is 6.19. The first kappa shape index (κ1) is 13.3. The zero-order chi connectivity index (χ0) is 12.0. The SMILES string of the molecule is C#CCCC(=O)C1(N(CC)CC)CCCC1. The molecule has 0 N–H and O–H groups in total. The number of ketones is 1. The number of likely N-dealkylation sites (N-methyl/N-ethyl adjacent to an activating group) is 1. The third-order valence-corrected chi connectivity index (χ3v) is 3.81. The maximum Gasteiger partial charge on any atom is 0.154 e. The second kappa shape index (κ2) is 6.06. The second-order valence-corrected chi connectivity index (χ2v) is 4.54. The maximum atomic E-state index is 12.3. The van der Waals surface area contributed by atoms with Gasteiger partial charge < -0.3 is 0 Å². The highest BCUT2D eigenvalue weighted by Crippen LogP contribution is 2.37. The van der Waals surface area contributed by atoms with Gasteiger partial charge in [-0.1, -0.05) is 26.7 Å². The summed E-state index contributed by atoms with van der Waals surface area (Å²) in [7, 11) is 0. The van der Waals surface area contributed by atoms with Crippen molar-refractivity contribution in [1.29, 1.82) is 0 Å². The van der Waals surface area contributed by atoms with Crippen molar-refractivity contribution in [2.75, 3.05) is 13.1 Å². The Bertz CT molecular complexity index is 267. The number of hydrogen-bond donors (Lipinski definition) is 0. The van der Waals surface area contributed by atoms with Crippen LogP contribution in [0.25, 0.3) is 0 Å². The van der Waals surface area contributed by atoms with Crippen LogP contribution in [0.2, 0.25) is 0 Å². The van der Waals surface area contributed by atoms with Crippen LogP contribution in [0.15, 0.2) is 0 Å². The van der Waals surface area contributed by atoms with Crippen molar-refractivity contribution < 1.29 is 4.79 Å². The quantitative estimate of drug-likeness (QED) is 0.643. The lowest BCUT2D eigenvalue weighted by Crippen LogP contribution is -2.52. The van der Waals surface area contributed by atoms with Gasteiger partial charge in [-0.05, 0) is 25.9 Å². The molecule has 90 valence electrons. The molecular formula is C14H23NO. The van der Waals surface area contributed by atoms with Crippen molar-refractivity contribution in [2.24, 2.45) is 0 Å². The van der Waals surface area contributed by atoms with E-state index in [9.17, 15) is 4.79 Å². The summed E-state index contributed by atoms with van der Waals surface area (Å²) in [4.78, 5) is 14.7. The van der Waals surface area contributed by atoms with Crippen molar-refractivity contribution in [2.45, 2.75) is 57.9 Å². The van der Waals surface area contributed by atoms with Crippen LogP contribution in [0.4, 0.5) is 0 Å². The summed E-state index contributed by atoms with van der Waals surface area (Å²) >= 11 is 0. The predicted molar refractivity (Wildman–Crippen MR) is 67.2 cm³/mol. The summed E-state index contributed by atoms with van der Waals surface area (Å²) in [6, 6.07) is 0. The van der Waals surface area contributed by atoms with Gasteiger partial charge in [-0.3, -0.25) is 9.69 Å². The first-order valence-electron chi connectivity index (χ1n) is 6.43. The van der Waals surface area contributed by atoms with Crippen LogP contribution >= 0.6 is 0 Å². The number of terminal acetylenes is 1. The van der Waals surface area contributed by atoms with Crippen molar-refractivity contribution >= 4 is 5.78 Å². The van der Waals surface area contributed by atoms with E-state index in [-0.39, 0.29) is 5.54 Å². The lowest BCUT2D eigenvalue weighted by atomic mass is 9.87. The van der Waals surface area contributed by atoms with E-state index in [0.29, 0.717) is 18.6 Å². The Balaban J connectivity index is 2.79. The molecule has 1 saturated carbocycles. The van der Waals surface area contributed by atoms with E-state index < -0.39 is 0 Å². The fourth-order valence-electron chi connectivity index (χ4n) is 2.98. The Kier molecular flexibility index (Phi) is 5.02. The van der Waals surface area contributed by atoms with Crippen LogP contribution in [-0.2, 0) is 4.79 Å². The van der Waals surface area contributed by atoms with Gasteiger partial charge in [0.25, 0.3) is 0 Å². The van der Waals surface area contributed by atoms with E-state index in [2.05, 4.69) is 24.7 Å². The molecule has 0 amide bonds. The third-order valence-electron chi connectivity index (χ3n) is 3.81. The molecule has 0 radical (unpaired) electrons. The van der Waals surface area contributed by atoms with Crippen LogP contribution in [-0.4, -0.2) is 29.3 Å². The monoisotopic (exact) mass is 221 g/mol. The van der Waals surface area contributed by atoms with Gasteiger partial charge in [-0.15, -0.1) is 12.3 Å². The van der Waals surface area contributed by atoms with E-state index in [1.165, 1.54) is 12.8 Å². The van der Waals surface area contributed by atoms with Crippen LogP contribution < -0.4 is 0 Å². The first-order chi connectivity index (χ1) is 7.71. The van der Waals surface area contributed by atoms with Gasteiger partial charge in [0.15, 0.2) is 5.78 Å². The molecule has 0 aromatic heterocycles. The van der Waals surface area contributed by atoms with Crippen molar-refractivity contribution in [3.8, 4) is 12.3 Å². The van der Waals surface area contributed by atoms with E-state index in [1.807, 2.05) is 0 Å². The molecule has 0 saturated heterocycles. The molecule has 1 aliphatic carbocycles. The average molecular weight is 221 g/mol. The zero-order valence-electron chi connectivity index (χ0n) is 10.6. The number of nitrogens with zero attached hydrogens (tertiary/aromatic N) is 1. The number of carbonyl (C=O) groups is 1. The summed E-state index contributed by atoms with van der Waals surface area (Å²) in [6.07, 6.45) is 10.8. The summed E-state index contributed by atoms with van der Waals surface area (Å²) in [5.74, 6) is 2.94. The van der Waals surface area contributed by atoms with Crippen LogP contribution in [0.3, 0.4) is 0 Å². The standard InChI is InChI=1S/C14H23NO/c1-4-7-10-13(16)14(11-8-9-12-14)15(5-2)6-3/h1H,5-12H2,2-3H3. The fraction of sp³-hybridized carbons (Fsp3) is 0.786. The Morgan fingerprint density at radius 1 is 1.31 bits per heavy atom. The summed E-state index contributed by atoms with van der Waals surface area (Å²) in [5, 5.41) is 0. The molecule has 2 heteroatoms. The van der Waals surface area contributed by atoms with Gasteiger partial charge in [-0.25, -0.2) is 0 Å². The van der Waals surface area contributed by atoms with Gasteiger partial charge in [-0.2, -0.15) is 0 Å². The summed E-state index contributed by atoms with van der Waals surface area (Å²) < 4.78 is 0. The lowest BCUT2D eigenvalue weighted by Gasteiger charge is -2.39. The van der Waals surface area contributed by atoms with Crippen molar-refractivity contribution in [1.82, 2.24) is 4.90 Å². The number of rotatable bonds is 6. The van der Waals surface area contributed by atoms with Crippen LogP contribution in [0.1, 0.15) is 52.4 Å². The lowest BCUT2D eigenvalue weighted by molar-refractivity contribution is -0.131. The molecule has 1 aliphatic rings. The van der Waals surface area contributed by atoms with Crippen LogP contribution in [0.5, 0.6) is 0 Å². The molecule has 1 fully saturated rings. The Labute approximate surface area is 99.4 Å². The molecule has 0 bridgehead atoms. The van der Waals surface area contributed by atoms with Gasteiger partial charge in [0.1, 0.15) is 0 Å². The minimum atomic E-state index is -0.180. The van der Waals surface area contributed by atoms with Gasteiger partial charge >= 0.3 is 0 Å². The van der Waals surface area contributed by atoms with E-state index in [1.54, 1.807) is 0 Å². The largest absolute Gasteiger partial charge is 0.298 e. The number of carbonyl (C=O) groups excluding carboxylic acids is 1. The van der Waals surface area contributed by atoms with E-state index in [4.69, 9.17) is 6.42 Å². The topological polar surface area (TPSA) is 20.3 Å². The molecule has 1 rings (SSSR count). The minimum Gasteiger partial charge on any atom is -0.298 e. The van der Waals surface area contributed by atoms with Gasteiger partial charge in [0.2, 0.25) is 0 Å². The summed E-state index contributed by atoms with van der Waals surface area (Å²) in [5.41, 5.74) is -0.180. The Morgan fingerprint density at radius 3 is 2.31 bits per heavy atom. The molecule has 0 atom stereocenters. The third kappa shape index (κ3) is 2.47. The molecule has 2 nitrogen and oxygen atoms in total. The van der Waals surface area contributed by atoms with E-state index >= 15 is 0 Å². The Morgan fingerprint density at radius 2 is 1.88 bits per heavy atom. The second-order valence-electron chi connectivity index (χ2n) is 4.54. The van der Waals surface area contributed by atoms with Gasteiger partial charge in [0.05, 0.1) is 5.54 Å². The molecular weight excluding hydrogens is 198 g/mol. The highest BCUT2D eigenvalue weighted by molar-refractivity contribution is 5.89. The van der Waals surface area contributed by atoms with E-state index in [0.717, 1.165) is 25.9 Å². The number of Topliss-reactive ketones (excluding diaryl/α,β-unsaturated/α-hetero) is 1. The molecule has 0 aromatic rings. The Hall–Kier alpha value is -0.810. The molecule has 0 unspecified atom stereocenters. The highest BCUT2D eigenvalue weighted by atomic mass is 16.1. The zero-order valence-corrected chi connectivity index (χ0v) is 10.6.